The van der Waals surface area contributed by atoms with Crippen molar-refractivity contribution >= 4 is 65.7 Å². The minimum Gasteiger partial charge on any atom is -0.246 e. The molecule has 0 spiro atoms. The molecule has 124 valence electrons. The Balaban J connectivity index is 1.82. The normalized spacial score (nSPS) is 11.2. The van der Waals surface area contributed by atoms with E-state index < -0.39 is 0 Å². The van der Waals surface area contributed by atoms with Crippen molar-refractivity contribution in [2.24, 2.45) is 0 Å². The van der Waals surface area contributed by atoms with Crippen LogP contribution >= 0.6 is 54.8 Å². The molecule has 2 aromatic heterocycles. The maximum Gasteiger partial charge on any atom is 0.124 e. The van der Waals surface area contributed by atoms with Crippen molar-refractivity contribution in [1.29, 1.82) is 0 Å². The van der Waals surface area contributed by atoms with E-state index in [9.17, 15) is 0 Å². The summed E-state index contributed by atoms with van der Waals surface area (Å²) in [5.41, 5.74) is 3.93. The third-order valence-electron chi connectivity index (χ3n) is 3.83. The first-order valence-electron chi connectivity index (χ1n) is 7.51. The number of pyridine rings is 1. The van der Waals surface area contributed by atoms with Crippen LogP contribution in [0.5, 0.6) is 0 Å². The maximum absolute atomic E-state index is 5.98. The summed E-state index contributed by atoms with van der Waals surface area (Å²) in [6, 6.07) is 16.0. The molecule has 0 amide bonds. The van der Waals surface area contributed by atoms with Crippen molar-refractivity contribution in [2.45, 2.75) is 6.92 Å². The fraction of sp³-hybridized carbons (Fsp3) is 0.0526. The molecule has 0 saturated carbocycles. The smallest absolute Gasteiger partial charge is 0.124 e. The minimum absolute atomic E-state index is 0.726. The van der Waals surface area contributed by atoms with Gasteiger partial charge in [0.15, 0.2) is 0 Å². The fourth-order valence-electron chi connectivity index (χ4n) is 2.63. The zero-order chi connectivity index (χ0) is 17.6. The van der Waals surface area contributed by atoms with Crippen LogP contribution in [0.3, 0.4) is 0 Å². The number of fused-ring (bicyclic) bond motifs is 1. The first-order valence-corrected chi connectivity index (χ1v) is 10.3. The Morgan fingerprint density at radius 2 is 1.72 bits per heavy atom. The van der Waals surface area contributed by atoms with Gasteiger partial charge in [0.1, 0.15) is 5.01 Å². The van der Waals surface area contributed by atoms with E-state index in [0.717, 1.165) is 51.7 Å². The van der Waals surface area contributed by atoms with E-state index in [1.807, 2.05) is 43.3 Å². The number of halogens is 3. The number of rotatable bonds is 2. The van der Waals surface area contributed by atoms with Gasteiger partial charge in [-0.05, 0) is 53.2 Å². The Hall–Kier alpha value is -1.27. The molecule has 0 radical (unpaired) electrons. The summed E-state index contributed by atoms with van der Waals surface area (Å²) in [5, 5.41) is 2.79. The van der Waals surface area contributed by atoms with Gasteiger partial charge in [0.05, 0.1) is 21.8 Å². The van der Waals surface area contributed by atoms with Gasteiger partial charge in [0.25, 0.3) is 0 Å². The number of hydrogen-bond acceptors (Lipinski definition) is 3. The highest BCUT2D eigenvalue weighted by Crippen LogP contribution is 2.36. The van der Waals surface area contributed by atoms with Crippen LogP contribution in [0.4, 0.5) is 0 Å². The van der Waals surface area contributed by atoms with Gasteiger partial charge in [0.2, 0.25) is 0 Å². The van der Waals surface area contributed by atoms with Crippen LogP contribution in [0.2, 0.25) is 5.02 Å². The number of benzene rings is 2. The lowest BCUT2D eigenvalue weighted by atomic mass is 10.2. The van der Waals surface area contributed by atoms with E-state index >= 15 is 0 Å². The molecular weight excluding hydrogens is 484 g/mol. The van der Waals surface area contributed by atoms with E-state index in [1.54, 1.807) is 11.3 Å². The molecule has 4 aromatic rings. The molecule has 0 bridgehead atoms. The van der Waals surface area contributed by atoms with Crippen LogP contribution in [-0.2, 0) is 0 Å². The number of aromatic nitrogens is 2. The lowest BCUT2D eigenvalue weighted by Crippen LogP contribution is -1.86. The molecule has 0 atom stereocenters. The molecule has 0 aliphatic carbocycles. The Kier molecular flexibility index (Phi) is 4.67. The van der Waals surface area contributed by atoms with E-state index in [0.29, 0.717) is 0 Å². The van der Waals surface area contributed by atoms with Crippen molar-refractivity contribution in [3.05, 3.63) is 68.2 Å². The Morgan fingerprint density at radius 3 is 2.48 bits per heavy atom. The number of nitrogens with zero attached hydrogens (tertiary/aromatic N) is 2. The Morgan fingerprint density at radius 1 is 0.960 bits per heavy atom. The van der Waals surface area contributed by atoms with Gasteiger partial charge >= 0.3 is 0 Å². The second-order valence-corrected chi connectivity index (χ2v) is 8.80. The van der Waals surface area contributed by atoms with Crippen LogP contribution in [-0.4, -0.2) is 9.97 Å². The molecule has 2 nitrogen and oxygen atoms in total. The summed E-state index contributed by atoms with van der Waals surface area (Å²) < 4.78 is 2.00. The van der Waals surface area contributed by atoms with E-state index in [2.05, 4.69) is 44.0 Å². The summed E-state index contributed by atoms with van der Waals surface area (Å²) in [5.74, 6) is 0. The first kappa shape index (κ1) is 17.2. The molecule has 0 saturated heterocycles. The predicted octanol–water partition coefficient (Wildman–Crippen LogP) is 7.51. The Bertz CT molecular complexity index is 1090. The molecule has 0 N–H and O–H groups in total. The van der Waals surface area contributed by atoms with Crippen LogP contribution < -0.4 is 0 Å². The standard InChI is InChI=1S/C19H11Br2ClN2S/c1-10-18(25-19(23-10)11-2-5-14(22)6-3-11)16-7-4-12-8-13(20)9-15(21)17(12)24-16/h2-9H,1H3. The highest BCUT2D eigenvalue weighted by Gasteiger charge is 2.14. The molecule has 2 aromatic carbocycles. The third-order valence-corrected chi connectivity index (χ3v) is 6.37. The summed E-state index contributed by atoms with van der Waals surface area (Å²) in [6.07, 6.45) is 0. The molecule has 0 unspecified atom stereocenters. The average Bonchev–Trinajstić information content (AvgIpc) is 2.97. The van der Waals surface area contributed by atoms with Crippen molar-refractivity contribution < 1.29 is 0 Å². The van der Waals surface area contributed by atoms with E-state index in [4.69, 9.17) is 21.6 Å². The highest BCUT2D eigenvalue weighted by molar-refractivity contribution is 9.11. The summed E-state index contributed by atoms with van der Waals surface area (Å²) in [4.78, 5) is 10.7. The molecule has 6 heteroatoms. The van der Waals surface area contributed by atoms with Gasteiger partial charge < -0.3 is 0 Å². The van der Waals surface area contributed by atoms with E-state index in [1.165, 1.54) is 0 Å². The topological polar surface area (TPSA) is 25.8 Å². The van der Waals surface area contributed by atoms with Crippen LogP contribution in [0.15, 0.2) is 57.5 Å². The van der Waals surface area contributed by atoms with Crippen LogP contribution in [0.25, 0.3) is 32.0 Å². The second kappa shape index (κ2) is 6.80. The van der Waals surface area contributed by atoms with Crippen molar-refractivity contribution in [3.63, 3.8) is 0 Å². The number of thiazole rings is 1. The zero-order valence-corrected chi connectivity index (χ0v) is 17.8. The maximum atomic E-state index is 5.98. The third kappa shape index (κ3) is 3.38. The monoisotopic (exact) mass is 492 g/mol. The van der Waals surface area contributed by atoms with Crippen molar-refractivity contribution in [2.75, 3.05) is 0 Å². The van der Waals surface area contributed by atoms with Gasteiger partial charge in [-0.3, -0.25) is 0 Å². The van der Waals surface area contributed by atoms with Crippen LogP contribution in [0.1, 0.15) is 5.69 Å². The largest absolute Gasteiger partial charge is 0.246 e. The number of hydrogen-bond donors (Lipinski definition) is 0. The van der Waals surface area contributed by atoms with E-state index in [-0.39, 0.29) is 0 Å². The summed E-state index contributed by atoms with van der Waals surface area (Å²) in [6.45, 7) is 2.02. The molecule has 25 heavy (non-hydrogen) atoms. The quantitative estimate of drug-likeness (QED) is 0.288. The van der Waals surface area contributed by atoms with Crippen LogP contribution in [0, 0.1) is 6.92 Å². The average molecular weight is 495 g/mol. The number of aryl methyl sites for hydroxylation is 1. The molecule has 0 fully saturated rings. The lowest BCUT2D eigenvalue weighted by molar-refractivity contribution is 1.26. The lowest BCUT2D eigenvalue weighted by Gasteiger charge is -2.04. The molecule has 0 aliphatic rings. The zero-order valence-electron chi connectivity index (χ0n) is 13.1. The minimum atomic E-state index is 0.726. The molecule has 0 aliphatic heterocycles. The van der Waals surface area contributed by atoms with Gasteiger partial charge in [-0.2, -0.15) is 0 Å². The first-order chi connectivity index (χ1) is 12.0. The summed E-state index contributed by atoms with van der Waals surface area (Å²) >= 11 is 14.7. The summed E-state index contributed by atoms with van der Waals surface area (Å²) in [7, 11) is 0. The molecule has 4 rings (SSSR count). The van der Waals surface area contributed by atoms with Gasteiger partial charge in [0, 0.05) is 24.9 Å². The molecule has 2 heterocycles. The molecular formula is C19H11Br2ClN2S. The van der Waals surface area contributed by atoms with Crippen molar-refractivity contribution in [3.8, 4) is 21.1 Å². The Labute approximate surface area is 171 Å². The van der Waals surface area contributed by atoms with Gasteiger partial charge in [-0.15, -0.1) is 11.3 Å². The predicted molar refractivity (Wildman–Crippen MR) is 113 cm³/mol. The highest BCUT2D eigenvalue weighted by atomic mass is 79.9. The SMILES string of the molecule is Cc1nc(-c2ccc(Cl)cc2)sc1-c1ccc2cc(Br)cc(Br)c2n1. The second-order valence-electron chi connectivity index (χ2n) is 5.60. The van der Waals surface area contributed by atoms with Gasteiger partial charge in [-0.1, -0.05) is 45.7 Å². The van der Waals surface area contributed by atoms with Crippen molar-refractivity contribution in [1.82, 2.24) is 9.97 Å². The fourth-order valence-corrected chi connectivity index (χ4v) is 5.15. The van der Waals surface area contributed by atoms with Gasteiger partial charge in [-0.25, -0.2) is 9.97 Å².